The van der Waals surface area contributed by atoms with Gasteiger partial charge in [0.2, 0.25) is 0 Å². The van der Waals surface area contributed by atoms with E-state index in [0.717, 1.165) is 31.1 Å². The lowest BCUT2D eigenvalue weighted by atomic mass is 10.4. The molecule has 0 aliphatic heterocycles. The van der Waals surface area contributed by atoms with Crippen molar-refractivity contribution >= 4 is 0 Å². The maximum atomic E-state index is 5.60. The first-order valence-corrected chi connectivity index (χ1v) is 6.56. The number of ether oxygens (including phenoxy) is 1. The molecule has 0 radical (unpaired) electrons. The average Bonchev–Trinajstić information content (AvgIpc) is 3.05. The normalized spacial score (nSPS) is 10.8. The van der Waals surface area contributed by atoms with Gasteiger partial charge < -0.3 is 10.1 Å². The molecule has 2 aromatic rings. The van der Waals surface area contributed by atoms with Crippen molar-refractivity contribution in [3.05, 3.63) is 24.3 Å². The average molecular weight is 264 g/mol. The van der Waals surface area contributed by atoms with Crippen molar-refractivity contribution < 1.29 is 4.74 Å². The van der Waals surface area contributed by atoms with E-state index in [2.05, 4.69) is 27.7 Å². The lowest BCUT2D eigenvalue weighted by Gasteiger charge is -2.02. The predicted octanol–water partition coefficient (Wildman–Crippen LogP) is 0.683. The summed E-state index contributed by atoms with van der Waals surface area (Å²) in [7, 11) is 0. The molecule has 2 rings (SSSR count). The molecule has 1 N–H and O–H groups in total. The van der Waals surface area contributed by atoms with Crippen LogP contribution in [0.4, 0.5) is 0 Å². The highest BCUT2D eigenvalue weighted by molar-refractivity contribution is 5.11. The van der Waals surface area contributed by atoms with Gasteiger partial charge in [0.05, 0.1) is 24.6 Å². The zero-order chi connectivity index (χ0) is 13.5. The van der Waals surface area contributed by atoms with E-state index >= 15 is 0 Å². The van der Waals surface area contributed by atoms with Gasteiger partial charge in [-0.25, -0.2) is 4.68 Å². The molecule has 2 heterocycles. The molecule has 7 heteroatoms. The Labute approximate surface area is 112 Å². The first-order chi connectivity index (χ1) is 9.31. The number of nitrogens with zero attached hydrogens (tertiary/aromatic N) is 5. The lowest BCUT2D eigenvalue weighted by molar-refractivity contribution is 0.289. The summed E-state index contributed by atoms with van der Waals surface area (Å²) in [6, 6.07) is 0. The first-order valence-electron chi connectivity index (χ1n) is 6.56. The molecule has 0 bridgehead atoms. The van der Waals surface area contributed by atoms with Crippen LogP contribution in [0.1, 0.15) is 19.5 Å². The summed E-state index contributed by atoms with van der Waals surface area (Å²) < 4.78 is 9.22. The standard InChI is InChI=1S/C12H20N6O/c1-3-13-7-11-9-18(16-15-11)5-6-19-12-8-14-17(4-2)10-12/h8-10,13H,3-7H2,1-2H3. The highest BCUT2D eigenvalue weighted by Gasteiger charge is 2.01. The third kappa shape index (κ3) is 4.06. The van der Waals surface area contributed by atoms with E-state index in [1.54, 1.807) is 10.9 Å². The fourth-order valence-electron chi connectivity index (χ4n) is 1.63. The smallest absolute Gasteiger partial charge is 0.157 e. The first kappa shape index (κ1) is 13.5. The summed E-state index contributed by atoms with van der Waals surface area (Å²) in [6.07, 6.45) is 5.54. The van der Waals surface area contributed by atoms with Gasteiger partial charge >= 0.3 is 0 Å². The number of hydrogen-bond acceptors (Lipinski definition) is 5. The minimum Gasteiger partial charge on any atom is -0.488 e. The van der Waals surface area contributed by atoms with Crippen molar-refractivity contribution in [2.75, 3.05) is 13.2 Å². The van der Waals surface area contributed by atoms with Crippen molar-refractivity contribution in [3.63, 3.8) is 0 Å². The van der Waals surface area contributed by atoms with Crippen LogP contribution in [-0.4, -0.2) is 37.9 Å². The number of nitrogens with one attached hydrogen (secondary N) is 1. The van der Waals surface area contributed by atoms with Crippen LogP contribution in [0.25, 0.3) is 0 Å². The summed E-state index contributed by atoms with van der Waals surface area (Å²) in [4.78, 5) is 0. The Kier molecular flexibility index (Phi) is 4.91. The predicted molar refractivity (Wildman–Crippen MR) is 70.8 cm³/mol. The monoisotopic (exact) mass is 264 g/mol. The SMILES string of the molecule is CCNCc1cn(CCOc2cnn(CC)c2)nn1. The van der Waals surface area contributed by atoms with Crippen molar-refractivity contribution in [1.82, 2.24) is 30.1 Å². The van der Waals surface area contributed by atoms with Crippen molar-refractivity contribution in [2.24, 2.45) is 0 Å². The maximum absolute atomic E-state index is 5.60. The van der Waals surface area contributed by atoms with Crippen LogP contribution in [0.15, 0.2) is 18.6 Å². The molecule has 0 unspecified atom stereocenters. The van der Waals surface area contributed by atoms with E-state index < -0.39 is 0 Å². The zero-order valence-electron chi connectivity index (χ0n) is 11.4. The molecule has 0 fully saturated rings. The summed E-state index contributed by atoms with van der Waals surface area (Å²) >= 11 is 0. The minimum atomic E-state index is 0.555. The molecule has 0 aliphatic rings. The van der Waals surface area contributed by atoms with Gasteiger partial charge in [-0.3, -0.25) is 4.68 Å². The fourth-order valence-corrected chi connectivity index (χ4v) is 1.63. The second-order valence-electron chi connectivity index (χ2n) is 4.13. The Morgan fingerprint density at radius 3 is 2.89 bits per heavy atom. The molecule has 7 nitrogen and oxygen atoms in total. The highest BCUT2D eigenvalue weighted by Crippen LogP contribution is 2.07. The Morgan fingerprint density at radius 2 is 2.16 bits per heavy atom. The number of aryl methyl sites for hydroxylation is 1. The topological polar surface area (TPSA) is 69.8 Å². The Hall–Kier alpha value is -1.89. The third-order valence-corrected chi connectivity index (χ3v) is 2.66. The molecule has 19 heavy (non-hydrogen) atoms. The van der Waals surface area contributed by atoms with Gasteiger partial charge in [-0.2, -0.15) is 5.10 Å². The van der Waals surface area contributed by atoms with E-state index in [-0.39, 0.29) is 0 Å². The number of hydrogen-bond donors (Lipinski definition) is 1. The van der Waals surface area contributed by atoms with E-state index in [4.69, 9.17) is 4.74 Å². The summed E-state index contributed by atoms with van der Waals surface area (Å²) in [5.41, 5.74) is 0.945. The van der Waals surface area contributed by atoms with Crippen LogP contribution >= 0.6 is 0 Å². The summed E-state index contributed by atoms with van der Waals surface area (Å²) in [5.74, 6) is 0.787. The minimum absolute atomic E-state index is 0.555. The fraction of sp³-hybridized carbons (Fsp3) is 0.583. The van der Waals surface area contributed by atoms with Crippen LogP contribution in [0.5, 0.6) is 5.75 Å². The van der Waals surface area contributed by atoms with Gasteiger partial charge in [0, 0.05) is 19.3 Å². The van der Waals surface area contributed by atoms with E-state index in [1.165, 1.54) is 0 Å². The van der Waals surface area contributed by atoms with E-state index in [0.29, 0.717) is 13.2 Å². The lowest BCUT2D eigenvalue weighted by Crippen LogP contribution is -2.12. The summed E-state index contributed by atoms with van der Waals surface area (Å²) in [6.45, 7) is 7.86. The number of aromatic nitrogens is 5. The molecule has 0 atom stereocenters. The third-order valence-electron chi connectivity index (χ3n) is 2.66. The van der Waals surface area contributed by atoms with Crippen LogP contribution < -0.4 is 10.1 Å². The van der Waals surface area contributed by atoms with Crippen LogP contribution in [0.2, 0.25) is 0 Å². The Morgan fingerprint density at radius 1 is 1.26 bits per heavy atom. The molecule has 0 aliphatic carbocycles. The quantitative estimate of drug-likeness (QED) is 0.759. The van der Waals surface area contributed by atoms with Gasteiger partial charge in [-0.05, 0) is 13.5 Å². The van der Waals surface area contributed by atoms with Crippen LogP contribution in [-0.2, 0) is 19.6 Å². The second kappa shape index (κ2) is 6.89. The molecule has 0 spiro atoms. The Bertz CT molecular complexity index is 492. The largest absolute Gasteiger partial charge is 0.488 e. The van der Waals surface area contributed by atoms with E-state index in [9.17, 15) is 0 Å². The highest BCUT2D eigenvalue weighted by atomic mass is 16.5. The molecule has 2 aromatic heterocycles. The molecular weight excluding hydrogens is 244 g/mol. The van der Waals surface area contributed by atoms with Gasteiger partial charge in [-0.1, -0.05) is 12.1 Å². The van der Waals surface area contributed by atoms with Crippen LogP contribution in [0, 0.1) is 0 Å². The van der Waals surface area contributed by atoms with Crippen LogP contribution in [0.3, 0.4) is 0 Å². The number of rotatable bonds is 8. The van der Waals surface area contributed by atoms with Crippen molar-refractivity contribution in [1.29, 1.82) is 0 Å². The molecule has 0 amide bonds. The van der Waals surface area contributed by atoms with Gasteiger partial charge in [0.25, 0.3) is 0 Å². The van der Waals surface area contributed by atoms with Crippen molar-refractivity contribution in [3.8, 4) is 5.75 Å². The molecular formula is C12H20N6O. The maximum Gasteiger partial charge on any atom is 0.157 e. The summed E-state index contributed by atoms with van der Waals surface area (Å²) in [5, 5.41) is 15.5. The molecule has 0 aromatic carbocycles. The molecule has 104 valence electrons. The second-order valence-corrected chi connectivity index (χ2v) is 4.13. The van der Waals surface area contributed by atoms with Crippen molar-refractivity contribution in [2.45, 2.75) is 33.5 Å². The molecule has 0 saturated heterocycles. The van der Waals surface area contributed by atoms with Gasteiger partial charge in [0.1, 0.15) is 6.61 Å². The zero-order valence-corrected chi connectivity index (χ0v) is 11.4. The Balaban J connectivity index is 1.74. The van der Waals surface area contributed by atoms with Gasteiger partial charge in [-0.15, -0.1) is 5.10 Å². The molecule has 0 saturated carbocycles. The van der Waals surface area contributed by atoms with E-state index in [1.807, 2.05) is 24.0 Å². The van der Waals surface area contributed by atoms with Gasteiger partial charge in [0.15, 0.2) is 5.75 Å².